The van der Waals surface area contributed by atoms with E-state index < -0.39 is 0 Å². The molecule has 0 saturated heterocycles. The van der Waals surface area contributed by atoms with Crippen LogP contribution in [0.2, 0.25) is 0 Å². The first-order chi connectivity index (χ1) is 3.77. The lowest BCUT2D eigenvalue weighted by Gasteiger charge is -2.02. The van der Waals surface area contributed by atoms with Crippen LogP contribution in [0.1, 0.15) is 6.92 Å². The molecule has 0 aromatic rings. The monoisotopic (exact) mass is 112 g/mol. The first-order valence-electron chi connectivity index (χ1n) is 2.92. The minimum Gasteiger partial charge on any atom is -0.313 e. The minimum absolute atomic E-state index is 0.495. The summed E-state index contributed by atoms with van der Waals surface area (Å²) < 4.78 is 0. The Balaban J connectivity index is 2.81. The van der Waals surface area contributed by atoms with E-state index in [0.29, 0.717) is 5.92 Å². The Morgan fingerprint density at radius 3 is 2.75 bits per heavy atom. The van der Waals surface area contributed by atoms with Gasteiger partial charge in [-0.15, -0.1) is 6.58 Å². The van der Waals surface area contributed by atoms with E-state index in [0.717, 1.165) is 13.1 Å². The Bertz CT molecular complexity index is 57.4. The highest BCUT2D eigenvalue weighted by Gasteiger charge is 1.87. The molecule has 0 rings (SSSR count). The second-order valence-electron chi connectivity index (χ2n) is 2.05. The Labute approximate surface area is 51.8 Å². The summed E-state index contributed by atoms with van der Waals surface area (Å²) in [4.78, 5) is 0. The number of rotatable bonds is 4. The lowest BCUT2D eigenvalue weighted by Crippen LogP contribution is -2.19. The van der Waals surface area contributed by atoms with E-state index in [2.05, 4.69) is 25.7 Å². The number of nitrogens with one attached hydrogen (secondary N) is 1. The quantitative estimate of drug-likeness (QED) is 0.426. The van der Waals surface area contributed by atoms with Gasteiger partial charge in [-0.05, 0) is 19.4 Å². The van der Waals surface area contributed by atoms with Crippen molar-refractivity contribution in [1.29, 1.82) is 0 Å². The lowest BCUT2D eigenvalue weighted by molar-refractivity contribution is 0.623. The maximum Gasteiger partial charge on any atom is 0.0132 e. The van der Waals surface area contributed by atoms with Crippen LogP contribution in [0.5, 0.6) is 0 Å². The molecule has 0 heterocycles. The van der Waals surface area contributed by atoms with E-state index in [1.54, 1.807) is 0 Å². The highest BCUT2D eigenvalue weighted by atomic mass is 14.8. The van der Waals surface area contributed by atoms with Crippen LogP contribution >= 0.6 is 0 Å². The average Bonchev–Trinajstić information content (AvgIpc) is 1.66. The smallest absolute Gasteiger partial charge is 0.0132 e. The average molecular weight is 112 g/mol. The molecular formula is C7H14N. The molecule has 1 heteroatoms. The van der Waals surface area contributed by atoms with Gasteiger partial charge in [0.15, 0.2) is 0 Å². The van der Waals surface area contributed by atoms with E-state index in [1.165, 1.54) is 0 Å². The molecule has 1 N–H and O–H groups in total. The van der Waals surface area contributed by atoms with Gasteiger partial charge in [0.2, 0.25) is 0 Å². The molecular weight excluding hydrogens is 98.1 g/mol. The van der Waals surface area contributed by atoms with E-state index >= 15 is 0 Å². The SMILES string of the molecule is [CH2]C(C)CNCC=C. The molecule has 0 fully saturated rings. The molecule has 0 amide bonds. The lowest BCUT2D eigenvalue weighted by atomic mass is 10.2. The molecule has 1 nitrogen and oxygen atoms in total. The van der Waals surface area contributed by atoms with Gasteiger partial charge in [0.05, 0.1) is 0 Å². The van der Waals surface area contributed by atoms with Gasteiger partial charge in [-0.25, -0.2) is 0 Å². The van der Waals surface area contributed by atoms with Crippen LogP contribution in [-0.2, 0) is 0 Å². The third-order valence-electron chi connectivity index (χ3n) is 0.781. The molecule has 0 aromatic heterocycles. The van der Waals surface area contributed by atoms with E-state index in [9.17, 15) is 0 Å². The minimum atomic E-state index is 0.495. The fourth-order valence-electron chi connectivity index (χ4n) is 0.432. The summed E-state index contributed by atoms with van der Waals surface area (Å²) in [5.74, 6) is 0.495. The van der Waals surface area contributed by atoms with Crippen molar-refractivity contribution in [2.24, 2.45) is 5.92 Å². The number of hydrogen-bond donors (Lipinski definition) is 1. The van der Waals surface area contributed by atoms with Crippen LogP contribution in [0.15, 0.2) is 12.7 Å². The molecule has 0 aliphatic carbocycles. The summed E-state index contributed by atoms with van der Waals surface area (Å²) in [6.45, 7) is 11.3. The van der Waals surface area contributed by atoms with Crippen LogP contribution in [-0.4, -0.2) is 13.1 Å². The van der Waals surface area contributed by atoms with Crippen LogP contribution in [0.3, 0.4) is 0 Å². The van der Waals surface area contributed by atoms with Crippen molar-refractivity contribution in [2.45, 2.75) is 6.92 Å². The van der Waals surface area contributed by atoms with Gasteiger partial charge in [-0.1, -0.05) is 13.0 Å². The first kappa shape index (κ1) is 7.70. The van der Waals surface area contributed by atoms with Gasteiger partial charge in [0.25, 0.3) is 0 Å². The zero-order valence-electron chi connectivity index (χ0n) is 5.48. The van der Waals surface area contributed by atoms with E-state index in [-0.39, 0.29) is 0 Å². The highest BCUT2D eigenvalue weighted by Crippen LogP contribution is 1.84. The van der Waals surface area contributed by atoms with Crippen LogP contribution in [0.25, 0.3) is 0 Å². The molecule has 1 radical (unpaired) electrons. The van der Waals surface area contributed by atoms with Crippen molar-refractivity contribution in [3.05, 3.63) is 19.6 Å². The van der Waals surface area contributed by atoms with Gasteiger partial charge in [-0.2, -0.15) is 0 Å². The summed E-state index contributed by atoms with van der Waals surface area (Å²) >= 11 is 0. The fourth-order valence-corrected chi connectivity index (χ4v) is 0.432. The molecule has 0 bridgehead atoms. The predicted molar refractivity (Wildman–Crippen MR) is 37.6 cm³/mol. The van der Waals surface area contributed by atoms with Crippen molar-refractivity contribution in [3.63, 3.8) is 0 Å². The van der Waals surface area contributed by atoms with E-state index in [1.807, 2.05) is 6.08 Å². The third kappa shape index (κ3) is 5.70. The summed E-state index contributed by atoms with van der Waals surface area (Å²) in [6, 6.07) is 0. The van der Waals surface area contributed by atoms with Gasteiger partial charge < -0.3 is 5.32 Å². The Morgan fingerprint density at radius 1 is 1.75 bits per heavy atom. The third-order valence-corrected chi connectivity index (χ3v) is 0.781. The van der Waals surface area contributed by atoms with Crippen LogP contribution in [0.4, 0.5) is 0 Å². The molecule has 0 saturated carbocycles. The summed E-state index contributed by atoms with van der Waals surface area (Å²) in [5.41, 5.74) is 0. The largest absolute Gasteiger partial charge is 0.313 e. The summed E-state index contributed by atoms with van der Waals surface area (Å²) in [6.07, 6.45) is 1.85. The van der Waals surface area contributed by atoms with Crippen molar-refractivity contribution < 1.29 is 0 Å². The van der Waals surface area contributed by atoms with Gasteiger partial charge in [-0.3, -0.25) is 0 Å². The van der Waals surface area contributed by atoms with Gasteiger partial charge in [0.1, 0.15) is 0 Å². The molecule has 0 spiro atoms. The normalized spacial score (nSPS) is 9.88. The zero-order chi connectivity index (χ0) is 6.41. The van der Waals surface area contributed by atoms with Crippen LogP contribution < -0.4 is 5.32 Å². The highest BCUT2D eigenvalue weighted by molar-refractivity contribution is 4.70. The fraction of sp³-hybridized carbons (Fsp3) is 0.571. The van der Waals surface area contributed by atoms with Gasteiger partial charge >= 0.3 is 0 Å². The maximum atomic E-state index is 3.81. The maximum absolute atomic E-state index is 3.81. The standard InChI is InChI=1S/C7H14N/c1-4-5-8-6-7(2)3/h4,7-8H,1-2,5-6H2,3H3. The molecule has 0 aliphatic heterocycles. The summed E-state index contributed by atoms with van der Waals surface area (Å²) in [5, 5.41) is 3.15. The van der Waals surface area contributed by atoms with Crippen molar-refractivity contribution in [1.82, 2.24) is 5.32 Å². The Morgan fingerprint density at radius 2 is 2.38 bits per heavy atom. The molecule has 0 aliphatic rings. The van der Waals surface area contributed by atoms with Gasteiger partial charge in [0, 0.05) is 6.54 Å². The topological polar surface area (TPSA) is 12.0 Å². The van der Waals surface area contributed by atoms with Crippen molar-refractivity contribution in [3.8, 4) is 0 Å². The second-order valence-corrected chi connectivity index (χ2v) is 2.05. The first-order valence-corrected chi connectivity index (χ1v) is 2.92. The van der Waals surface area contributed by atoms with Crippen molar-refractivity contribution >= 4 is 0 Å². The summed E-state index contributed by atoms with van der Waals surface area (Å²) in [7, 11) is 0. The van der Waals surface area contributed by atoms with Crippen molar-refractivity contribution in [2.75, 3.05) is 13.1 Å². The molecule has 1 atom stereocenters. The molecule has 1 unspecified atom stereocenters. The Hall–Kier alpha value is -0.300. The number of hydrogen-bond acceptors (Lipinski definition) is 1. The Kier molecular flexibility index (Phi) is 4.67. The second kappa shape index (κ2) is 4.85. The molecule has 0 aromatic carbocycles. The predicted octanol–water partition coefficient (Wildman–Crippen LogP) is 1.23. The molecule has 8 heavy (non-hydrogen) atoms. The molecule has 47 valence electrons. The zero-order valence-corrected chi connectivity index (χ0v) is 5.48. The van der Waals surface area contributed by atoms with Crippen LogP contribution in [0, 0.1) is 12.8 Å². The van der Waals surface area contributed by atoms with E-state index in [4.69, 9.17) is 0 Å².